The van der Waals surface area contributed by atoms with E-state index in [1.807, 2.05) is 0 Å². The highest BCUT2D eigenvalue weighted by Gasteiger charge is 2.27. The number of hydrogen-bond acceptors (Lipinski definition) is 7. The van der Waals surface area contributed by atoms with Crippen molar-refractivity contribution in [1.82, 2.24) is 5.16 Å². The lowest BCUT2D eigenvalue weighted by atomic mass is 10.0. The van der Waals surface area contributed by atoms with Gasteiger partial charge in [0, 0.05) is 15.2 Å². The van der Waals surface area contributed by atoms with Crippen LogP contribution in [0, 0.1) is 27.6 Å². The summed E-state index contributed by atoms with van der Waals surface area (Å²) in [5, 5.41) is 4.92. The fourth-order valence-electron chi connectivity index (χ4n) is 2.59. The number of anilines is 2. The molecule has 1 aromatic carbocycles. The van der Waals surface area contributed by atoms with E-state index in [-0.39, 0.29) is 50.2 Å². The van der Waals surface area contributed by atoms with Crippen LogP contribution in [0.1, 0.15) is 56.2 Å². The van der Waals surface area contributed by atoms with E-state index in [9.17, 15) is 18.0 Å². The maximum atomic E-state index is 13.3. The van der Waals surface area contributed by atoms with Gasteiger partial charge in [0.1, 0.15) is 9.77 Å². The summed E-state index contributed by atoms with van der Waals surface area (Å²) in [7, 11) is -4.91. The van der Waals surface area contributed by atoms with Gasteiger partial charge in [-0.05, 0) is 63.2 Å². The number of amides is 1. The lowest BCUT2D eigenvalue weighted by molar-refractivity contribution is 0.101. The molecule has 8 nitrogen and oxygen atoms in total. The molecule has 3 aromatic rings. The van der Waals surface area contributed by atoms with Gasteiger partial charge in [-0.3, -0.25) is 9.59 Å². The lowest BCUT2D eigenvalue weighted by Crippen LogP contribution is -2.20. The van der Waals surface area contributed by atoms with Crippen LogP contribution in [0.25, 0.3) is 0 Å². The molecule has 0 aliphatic rings. The second-order valence-corrected chi connectivity index (χ2v) is 8.81. The number of carbonyl (C=O) groups excluding carboxylic acids is 2. The summed E-state index contributed by atoms with van der Waals surface area (Å²) in [4.78, 5) is 24.4. The molecule has 3 rings (SSSR count). The van der Waals surface area contributed by atoms with Crippen LogP contribution >= 0.6 is 11.3 Å². The Hall–Kier alpha value is -2.98. The lowest BCUT2D eigenvalue weighted by Gasteiger charge is -2.14. The van der Waals surface area contributed by atoms with Gasteiger partial charge in [-0.2, -0.15) is 0 Å². The molecule has 10 heteroatoms. The first-order valence-electron chi connectivity index (χ1n) is 11.9. The summed E-state index contributed by atoms with van der Waals surface area (Å²) < 4.78 is 87.1. The molecule has 0 fully saturated rings. The molecule has 0 saturated carbocycles. The normalized spacial score (nSPS) is 15.1. The van der Waals surface area contributed by atoms with Crippen molar-refractivity contribution in [2.24, 2.45) is 0 Å². The quantitative estimate of drug-likeness (QED) is 0.538. The highest BCUT2D eigenvalue weighted by atomic mass is 32.2. The maximum Gasteiger partial charge on any atom is 0.267 e. The molecule has 0 aliphatic heterocycles. The van der Waals surface area contributed by atoms with Crippen LogP contribution in [0.4, 0.5) is 11.6 Å². The molecule has 2 heterocycles. The van der Waals surface area contributed by atoms with Gasteiger partial charge in [-0.15, -0.1) is 11.3 Å². The Labute approximate surface area is 188 Å². The number of ketones is 1. The third-order valence-electron chi connectivity index (χ3n) is 3.99. The number of aryl methyl sites for hydroxylation is 1. The highest BCUT2D eigenvalue weighted by Crippen LogP contribution is 2.29. The minimum Gasteiger partial charge on any atom is -0.337 e. The van der Waals surface area contributed by atoms with Crippen LogP contribution < -0.4 is 10.0 Å². The third-order valence-corrected chi connectivity index (χ3v) is 6.33. The Balaban J connectivity index is 2.14. The summed E-state index contributed by atoms with van der Waals surface area (Å²) in [6.45, 7) is 2.40. The number of hydrogen-bond donors (Lipinski definition) is 2. The summed E-state index contributed by atoms with van der Waals surface area (Å²) in [6.07, 6.45) is 0. The molecule has 0 bridgehead atoms. The molecule has 0 aliphatic carbocycles. The average molecular weight is 455 g/mol. The summed E-state index contributed by atoms with van der Waals surface area (Å²) in [5.74, 6) is -2.72. The minimum absolute atomic E-state index is 0.0598. The molecule has 0 saturated heterocycles. The van der Waals surface area contributed by atoms with Crippen LogP contribution in [-0.2, 0) is 10.0 Å². The first-order valence-corrected chi connectivity index (χ1v) is 10.8. The van der Waals surface area contributed by atoms with Crippen molar-refractivity contribution in [3.63, 3.8) is 0 Å². The van der Waals surface area contributed by atoms with Crippen LogP contribution in [0.3, 0.4) is 0 Å². The van der Waals surface area contributed by atoms with Gasteiger partial charge in [-0.1, -0.05) is 11.2 Å². The summed E-state index contributed by atoms with van der Waals surface area (Å²) in [6, 6.07) is 0.502. The number of carbonyl (C=O) groups is 2. The largest absolute Gasteiger partial charge is 0.337 e. The van der Waals surface area contributed by atoms with Gasteiger partial charge >= 0.3 is 0 Å². The zero-order valence-electron chi connectivity index (χ0n) is 23.4. The predicted octanol–water partition coefficient (Wildman–Crippen LogP) is 4.23. The summed E-state index contributed by atoms with van der Waals surface area (Å²) in [5.41, 5.74) is -1.13. The van der Waals surface area contributed by atoms with E-state index >= 15 is 0 Å². The average Bonchev–Trinajstić information content (AvgIpc) is 3.45. The molecule has 0 unspecified atom stereocenters. The molecule has 2 N–H and O–H groups in total. The van der Waals surface area contributed by atoms with Gasteiger partial charge in [-0.25, -0.2) is 13.1 Å². The molecule has 30 heavy (non-hydrogen) atoms. The monoisotopic (exact) mass is 454 g/mol. The fraction of sp³-hybridized carbons (Fsp3) is 0.250. The van der Waals surface area contributed by atoms with Gasteiger partial charge < -0.3 is 9.83 Å². The number of nitrogens with one attached hydrogen (secondary N) is 2. The Morgan fingerprint density at radius 2 is 2.03 bits per heavy atom. The number of thiophene rings is 1. The van der Waals surface area contributed by atoms with Crippen molar-refractivity contribution in [3.05, 3.63) is 56.4 Å². The van der Waals surface area contributed by atoms with E-state index in [0.717, 1.165) is 13.0 Å². The highest BCUT2D eigenvalue weighted by molar-refractivity contribution is 7.93. The van der Waals surface area contributed by atoms with E-state index in [4.69, 9.17) is 14.2 Å². The summed E-state index contributed by atoms with van der Waals surface area (Å²) >= 11 is 0.630. The predicted molar refractivity (Wildman–Crippen MR) is 115 cm³/mol. The number of rotatable bonds is 6. The van der Waals surface area contributed by atoms with Crippen LogP contribution in [0.2, 0.25) is 2.82 Å². The van der Waals surface area contributed by atoms with E-state index in [2.05, 4.69) is 5.16 Å². The maximum absolute atomic E-state index is 13.3. The molecule has 0 spiro atoms. The Morgan fingerprint density at radius 3 is 2.70 bits per heavy atom. The minimum atomic E-state index is -4.91. The standard InChI is InChI=1S/C20H21N3O5S2/c1-10-8-11(2)17(15(9-10)14(5)24)21-19(25)18-16(6-7-29-18)30(26,27)23-20-12(3)13(4)22-28-20/h6-9,23H,1-5H3,(H,21,25)/i3D3,8D,9D/hD2. The second kappa shape index (κ2) is 8.04. The zero-order valence-corrected chi connectivity index (χ0v) is 18.0. The van der Waals surface area contributed by atoms with Crippen molar-refractivity contribution < 1.29 is 32.2 Å². The van der Waals surface area contributed by atoms with Crippen molar-refractivity contribution in [2.45, 2.75) is 39.4 Å². The molecule has 158 valence electrons. The van der Waals surface area contributed by atoms with Crippen molar-refractivity contribution >= 4 is 44.6 Å². The molecular formula is C20H21N3O5S2. The van der Waals surface area contributed by atoms with Gasteiger partial charge in [0.15, 0.2) is 8.61 Å². The molecule has 0 atom stereocenters. The Bertz CT molecular complexity index is 1530. The first-order chi connectivity index (χ1) is 16.9. The number of sulfonamides is 1. The smallest absolute Gasteiger partial charge is 0.267 e. The topological polar surface area (TPSA) is 118 Å². The first kappa shape index (κ1) is 14.1. The number of benzene rings is 1. The molecule has 1 amide bonds. The van der Waals surface area contributed by atoms with Crippen LogP contribution in [0.5, 0.6) is 0 Å². The van der Waals surface area contributed by atoms with E-state index < -0.39 is 49.8 Å². The van der Waals surface area contributed by atoms with Crippen LogP contribution in [0.15, 0.2) is 32.9 Å². The van der Waals surface area contributed by atoms with Crippen molar-refractivity contribution in [1.29, 1.82) is 0 Å². The molecular weight excluding hydrogens is 426 g/mol. The third kappa shape index (κ3) is 4.14. The second-order valence-electron chi connectivity index (χ2n) is 6.33. The fourth-order valence-corrected chi connectivity index (χ4v) is 4.81. The zero-order chi connectivity index (χ0) is 28.2. The number of aromatic nitrogens is 1. The van der Waals surface area contributed by atoms with E-state index in [1.54, 1.807) is 0 Å². The van der Waals surface area contributed by atoms with Gasteiger partial charge in [0.05, 0.1) is 14.1 Å². The Morgan fingerprint density at radius 1 is 1.30 bits per heavy atom. The molecule has 0 radical (unpaired) electrons. The van der Waals surface area contributed by atoms with Gasteiger partial charge in [0.2, 0.25) is 5.88 Å². The van der Waals surface area contributed by atoms with Crippen molar-refractivity contribution in [2.75, 3.05) is 10.0 Å². The SMILES string of the molecule is [2H]c1c(C)c([2H])c(C(C)=O)c(N([2H])C(=O)c2sccc2S(=O)(=O)N([2H])c2onc(C)c2C([2H])([2H])[2H])c1C. The molecule has 2 aromatic heterocycles. The van der Waals surface area contributed by atoms with Crippen molar-refractivity contribution in [3.8, 4) is 0 Å². The number of nitrogens with zero attached hydrogens (tertiary/aromatic N) is 1. The van der Waals surface area contributed by atoms with Gasteiger partial charge in [0.25, 0.3) is 15.9 Å². The van der Waals surface area contributed by atoms with E-state index in [0.29, 0.717) is 11.3 Å². The Kier molecular flexibility index (Phi) is 3.78. The van der Waals surface area contributed by atoms with Crippen LogP contribution in [-0.4, -0.2) is 25.3 Å². The van der Waals surface area contributed by atoms with E-state index in [1.165, 1.54) is 26.2 Å². The number of Topliss-reactive ketones (excluding diaryl/α,β-unsaturated/α-hetero) is 1.